The van der Waals surface area contributed by atoms with Crippen LogP contribution in [0, 0.1) is 0 Å². The first-order valence-corrected chi connectivity index (χ1v) is 11.7. The van der Waals surface area contributed by atoms with Crippen molar-refractivity contribution >= 4 is 16.9 Å². The van der Waals surface area contributed by atoms with Crippen LogP contribution in [0.5, 0.6) is 17.2 Å². The predicted octanol–water partition coefficient (Wildman–Crippen LogP) is 5.03. The molecule has 1 atom stereocenters. The van der Waals surface area contributed by atoms with Crippen LogP contribution < -0.4 is 19.5 Å². The van der Waals surface area contributed by atoms with Crippen molar-refractivity contribution in [3.05, 3.63) is 83.7 Å². The maximum atomic E-state index is 12.8. The van der Waals surface area contributed by atoms with Crippen LogP contribution in [0.4, 0.5) is 0 Å². The molecule has 7 nitrogen and oxygen atoms in total. The number of methoxy groups -OCH3 is 3. The highest BCUT2D eigenvalue weighted by Crippen LogP contribution is 2.38. The number of para-hydroxylation sites is 2. The molecule has 1 amide bonds. The largest absolute Gasteiger partial charge is 0.493 e. The lowest BCUT2D eigenvalue weighted by molar-refractivity contribution is 0.0952. The molecule has 35 heavy (non-hydrogen) atoms. The number of nitrogens with one attached hydrogen (secondary N) is 1. The Bertz CT molecular complexity index is 1280. The number of nitrogens with zero attached hydrogens (tertiary/aromatic N) is 2. The summed E-state index contributed by atoms with van der Waals surface area (Å²) in [7, 11) is 4.59. The number of rotatable bonds is 10. The van der Waals surface area contributed by atoms with Crippen LogP contribution in [0.1, 0.15) is 41.1 Å². The molecule has 1 aromatic heterocycles. The van der Waals surface area contributed by atoms with Crippen LogP contribution in [0.25, 0.3) is 11.0 Å². The SMILES string of the molecule is COc1cc(C(=O)NCCCc2nc3ccccc3n2C(C)c2ccccc2)cc(OC)c1OC. The van der Waals surface area contributed by atoms with Gasteiger partial charge in [0.15, 0.2) is 11.5 Å². The van der Waals surface area contributed by atoms with Crippen molar-refractivity contribution in [3.63, 3.8) is 0 Å². The third kappa shape index (κ3) is 5.09. The molecule has 0 aliphatic heterocycles. The van der Waals surface area contributed by atoms with E-state index in [2.05, 4.69) is 47.1 Å². The minimum Gasteiger partial charge on any atom is -0.493 e. The number of benzene rings is 3. The fourth-order valence-corrected chi connectivity index (χ4v) is 4.35. The van der Waals surface area contributed by atoms with E-state index in [0.29, 0.717) is 29.4 Å². The summed E-state index contributed by atoms with van der Waals surface area (Å²) in [5, 5.41) is 3.00. The summed E-state index contributed by atoms with van der Waals surface area (Å²) in [5.74, 6) is 2.15. The Kier molecular flexibility index (Phi) is 7.55. The van der Waals surface area contributed by atoms with Crippen LogP contribution in [-0.4, -0.2) is 43.3 Å². The van der Waals surface area contributed by atoms with Gasteiger partial charge in [0.2, 0.25) is 5.75 Å². The second kappa shape index (κ2) is 11.0. The van der Waals surface area contributed by atoms with E-state index in [9.17, 15) is 4.79 Å². The van der Waals surface area contributed by atoms with Gasteiger partial charge >= 0.3 is 0 Å². The van der Waals surface area contributed by atoms with Gasteiger partial charge in [-0.1, -0.05) is 42.5 Å². The molecule has 0 saturated carbocycles. The Morgan fingerprint density at radius 3 is 2.26 bits per heavy atom. The second-order valence-corrected chi connectivity index (χ2v) is 8.25. The van der Waals surface area contributed by atoms with Crippen LogP contribution in [0.15, 0.2) is 66.7 Å². The molecule has 0 aliphatic rings. The minimum atomic E-state index is -0.199. The first kappa shape index (κ1) is 24.1. The van der Waals surface area contributed by atoms with Gasteiger partial charge in [-0.25, -0.2) is 4.98 Å². The third-order valence-electron chi connectivity index (χ3n) is 6.13. The number of aromatic nitrogens is 2. The number of ether oxygens (including phenoxy) is 3. The number of fused-ring (bicyclic) bond motifs is 1. The van der Waals surface area contributed by atoms with E-state index >= 15 is 0 Å². The van der Waals surface area contributed by atoms with Gasteiger partial charge in [-0.3, -0.25) is 4.79 Å². The van der Waals surface area contributed by atoms with Gasteiger partial charge in [0.1, 0.15) is 5.82 Å². The average Bonchev–Trinajstić information content (AvgIpc) is 3.28. The molecule has 1 N–H and O–H groups in total. The highest BCUT2D eigenvalue weighted by molar-refractivity contribution is 5.95. The molecule has 1 unspecified atom stereocenters. The zero-order valence-corrected chi connectivity index (χ0v) is 20.6. The number of carbonyl (C=O) groups excluding carboxylic acids is 1. The van der Waals surface area contributed by atoms with Crippen molar-refractivity contribution in [1.29, 1.82) is 0 Å². The van der Waals surface area contributed by atoms with Crippen LogP contribution in [0.3, 0.4) is 0 Å². The highest BCUT2D eigenvalue weighted by Gasteiger charge is 2.18. The van der Waals surface area contributed by atoms with E-state index < -0.39 is 0 Å². The smallest absolute Gasteiger partial charge is 0.251 e. The normalized spacial score (nSPS) is 11.8. The Morgan fingerprint density at radius 1 is 0.943 bits per heavy atom. The van der Waals surface area contributed by atoms with E-state index in [1.807, 2.05) is 24.3 Å². The first-order valence-electron chi connectivity index (χ1n) is 11.7. The monoisotopic (exact) mass is 473 g/mol. The summed E-state index contributed by atoms with van der Waals surface area (Å²) >= 11 is 0. The molecule has 0 fully saturated rings. The number of aryl methyl sites for hydroxylation is 1. The molecule has 182 valence electrons. The zero-order chi connectivity index (χ0) is 24.8. The van der Waals surface area contributed by atoms with E-state index in [4.69, 9.17) is 19.2 Å². The van der Waals surface area contributed by atoms with E-state index in [1.54, 1.807) is 12.1 Å². The van der Waals surface area contributed by atoms with E-state index in [0.717, 1.165) is 29.7 Å². The van der Waals surface area contributed by atoms with Crippen LogP contribution in [0.2, 0.25) is 0 Å². The summed E-state index contributed by atoms with van der Waals surface area (Å²) in [6.07, 6.45) is 1.49. The summed E-state index contributed by atoms with van der Waals surface area (Å²) < 4.78 is 18.3. The number of imidazole rings is 1. The quantitative estimate of drug-likeness (QED) is 0.327. The fraction of sp³-hybridized carbons (Fsp3) is 0.286. The van der Waals surface area contributed by atoms with E-state index in [-0.39, 0.29) is 11.9 Å². The summed E-state index contributed by atoms with van der Waals surface area (Å²) in [4.78, 5) is 17.7. The summed E-state index contributed by atoms with van der Waals surface area (Å²) in [6, 6.07) is 22.1. The lowest BCUT2D eigenvalue weighted by Gasteiger charge is -2.18. The van der Waals surface area contributed by atoms with Crippen molar-refractivity contribution in [1.82, 2.24) is 14.9 Å². The zero-order valence-electron chi connectivity index (χ0n) is 20.6. The molecule has 0 spiro atoms. The number of carbonyl (C=O) groups is 1. The van der Waals surface area contributed by atoms with Gasteiger partial charge in [-0.05, 0) is 43.2 Å². The molecular weight excluding hydrogens is 442 g/mol. The maximum absolute atomic E-state index is 12.8. The van der Waals surface area contributed by atoms with Gasteiger partial charge in [0.25, 0.3) is 5.91 Å². The van der Waals surface area contributed by atoms with Crippen molar-refractivity contribution < 1.29 is 19.0 Å². The van der Waals surface area contributed by atoms with E-state index in [1.165, 1.54) is 26.9 Å². The molecule has 0 saturated heterocycles. The maximum Gasteiger partial charge on any atom is 0.251 e. The van der Waals surface area contributed by atoms with Gasteiger partial charge in [0.05, 0.1) is 38.4 Å². The molecular formula is C28H31N3O4. The number of hydrogen-bond acceptors (Lipinski definition) is 5. The topological polar surface area (TPSA) is 74.6 Å². The molecule has 4 rings (SSSR count). The Hall–Kier alpha value is -4.00. The lowest BCUT2D eigenvalue weighted by atomic mass is 10.1. The first-order chi connectivity index (χ1) is 17.1. The Labute approximate surface area is 205 Å². The molecule has 7 heteroatoms. The molecule has 0 radical (unpaired) electrons. The van der Waals surface area contributed by atoms with Gasteiger partial charge in [-0.2, -0.15) is 0 Å². The lowest BCUT2D eigenvalue weighted by Crippen LogP contribution is -2.25. The van der Waals surface area contributed by atoms with Crippen LogP contribution >= 0.6 is 0 Å². The predicted molar refractivity (Wildman–Crippen MR) is 137 cm³/mol. The third-order valence-corrected chi connectivity index (χ3v) is 6.13. The molecule has 3 aromatic carbocycles. The second-order valence-electron chi connectivity index (χ2n) is 8.25. The molecule has 0 aliphatic carbocycles. The number of hydrogen-bond donors (Lipinski definition) is 1. The molecule has 0 bridgehead atoms. The summed E-state index contributed by atoms with van der Waals surface area (Å²) in [5.41, 5.74) is 3.77. The Morgan fingerprint density at radius 2 is 1.60 bits per heavy atom. The number of amides is 1. The van der Waals surface area contributed by atoms with Gasteiger partial charge < -0.3 is 24.1 Å². The standard InChI is InChI=1S/C28H31N3O4/c1-19(20-11-6-5-7-12-20)31-23-14-9-8-13-22(23)30-26(31)15-10-16-29-28(32)21-17-24(33-2)27(35-4)25(18-21)34-3/h5-9,11-14,17-19H,10,15-16H2,1-4H3,(H,29,32). The fourth-order valence-electron chi connectivity index (χ4n) is 4.35. The van der Waals surface area contributed by atoms with Gasteiger partial charge in [0, 0.05) is 18.5 Å². The molecule has 4 aromatic rings. The van der Waals surface area contributed by atoms with Crippen molar-refractivity contribution in [2.45, 2.75) is 25.8 Å². The highest BCUT2D eigenvalue weighted by atomic mass is 16.5. The van der Waals surface area contributed by atoms with Gasteiger partial charge in [-0.15, -0.1) is 0 Å². The van der Waals surface area contributed by atoms with Crippen molar-refractivity contribution in [3.8, 4) is 17.2 Å². The Balaban J connectivity index is 1.47. The van der Waals surface area contributed by atoms with Crippen molar-refractivity contribution in [2.24, 2.45) is 0 Å². The van der Waals surface area contributed by atoms with Crippen molar-refractivity contribution in [2.75, 3.05) is 27.9 Å². The average molecular weight is 474 g/mol. The minimum absolute atomic E-state index is 0.146. The molecule has 1 heterocycles. The van der Waals surface area contributed by atoms with Crippen LogP contribution in [-0.2, 0) is 6.42 Å². The summed E-state index contributed by atoms with van der Waals surface area (Å²) in [6.45, 7) is 2.71.